The molecule has 0 bridgehead atoms. The molecule has 2 rings (SSSR count). The van der Waals surface area contributed by atoms with Gasteiger partial charge in [-0.1, -0.05) is 0 Å². The van der Waals surface area contributed by atoms with E-state index in [0.717, 1.165) is 11.2 Å². The zero-order valence-electron chi connectivity index (χ0n) is 6.70. The summed E-state index contributed by atoms with van der Waals surface area (Å²) in [4.78, 5) is 4.20. The second-order valence-electron chi connectivity index (χ2n) is 2.80. The van der Waals surface area contributed by atoms with Crippen LogP contribution in [0.5, 0.6) is 0 Å². The molecule has 0 N–H and O–H groups in total. The maximum Gasteiger partial charge on any atom is 0.0636 e. The Morgan fingerprint density at radius 1 is 1.27 bits per heavy atom. The van der Waals surface area contributed by atoms with Crippen molar-refractivity contribution in [3.05, 3.63) is 35.9 Å². The van der Waals surface area contributed by atoms with Gasteiger partial charge in [-0.05, 0) is 26.0 Å². The van der Waals surface area contributed by atoms with Gasteiger partial charge in [0.05, 0.1) is 17.4 Å². The Hall–Kier alpha value is -1.31. The van der Waals surface area contributed by atoms with Crippen molar-refractivity contribution in [3.8, 4) is 0 Å². The van der Waals surface area contributed by atoms with Crippen molar-refractivity contribution in [1.82, 2.24) is 9.38 Å². The molecule has 2 aromatic heterocycles. The van der Waals surface area contributed by atoms with Crippen molar-refractivity contribution >= 4 is 5.52 Å². The first-order valence-corrected chi connectivity index (χ1v) is 3.68. The smallest absolute Gasteiger partial charge is 0.0636 e. The lowest BCUT2D eigenvalue weighted by molar-refractivity contribution is 1.04. The van der Waals surface area contributed by atoms with Gasteiger partial charge in [0, 0.05) is 11.9 Å². The molecule has 0 aliphatic heterocycles. The molecule has 0 amide bonds. The standard InChI is InChI=1S/C9H10N2/c1-7-6-11-8(2)3-4-9(11)5-10-7/h3-6H,1-2H3. The van der Waals surface area contributed by atoms with Crippen LogP contribution in [0.4, 0.5) is 0 Å². The highest BCUT2D eigenvalue weighted by Crippen LogP contribution is 2.07. The molecule has 0 spiro atoms. The number of aryl methyl sites for hydroxylation is 2. The van der Waals surface area contributed by atoms with E-state index in [0.29, 0.717) is 0 Å². The fourth-order valence-corrected chi connectivity index (χ4v) is 1.24. The van der Waals surface area contributed by atoms with Gasteiger partial charge in [0.15, 0.2) is 0 Å². The number of nitrogens with zero attached hydrogens (tertiary/aromatic N) is 2. The number of hydrogen-bond acceptors (Lipinski definition) is 1. The molecular formula is C9H10N2. The van der Waals surface area contributed by atoms with Gasteiger partial charge in [-0.25, -0.2) is 0 Å². The molecule has 0 atom stereocenters. The van der Waals surface area contributed by atoms with E-state index in [2.05, 4.69) is 28.4 Å². The van der Waals surface area contributed by atoms with Crippen LogP contribution in [-0.4, -0.2) is 9.38 Å². The number of hydrogen-bond donors (Lipinski definition) is 0. The average molecular weight is 146 g/mol. The zero-order chi connectivity index (χ0) is 7.84. The molecule has 2 aromatic rings. The first kappa shape index (κ1) is 6.40. The summed E-state index contributed by atoms with van der Waals surface area (Å²) in [5, 5.41) is 0. The van der Waals surface area contributed by atoms with Crippen LogP contribution in [0.3, 0.4) is 0 Å². The molecule has 56 valence electrons. The predicted molar refractivity (Wildman–Crippen MR) is 44.7 cm³/mol. The van der Waals surface area contributed by atoms with Crippen molar-refractivity contribution in [2.24, 2.45) is 0 Å². The first-order chi connectivity index (χ1) is 5.27. The van der Waals surface area contributed by atoms with Gasteiger partial charge in [-0.2, -0.15) is 0 Å². The fraction of sp³-hybridized carbons (Fsp3) is 0.222. The molecule has 0 aromatic carbocycles. The Morgan fingerprint density at radius 3 is 2.91 bits per heavy atom. The van der Waals surface area contributed by atoms with E-state index in [1.54, 1.807) is 0 Å². The normalized spacial score (nSPS) is 10.7. The number of fused-ring (bicyclic) bond motifs is 1. The monoisotopic (exact) mass is 146 g/mol. The summed E-state index contributed by atoms with van der Waals surface area (Å²) in [6.45, 7) is 4.09. The van der Waals surface area contributed by atoms with Gasteiger partial charge in [0.25, 0.3) is 0 Å². The van der Waals surface area contributed by atoms with E-state index in [4.69, 9.17) is 0 Å². The summed E-state index contributed by atoms with van der Waals surface area (Å²) >= 11 is 0. The molecule has 0 unspecified atom stereocenters. The Labute approximate surface area is 65.5 Å². The third kappa shape index (κ3) is 0.909. The largest absolute Gasteiger partial charge is 0.318 e. The molecule has 11 heavy (non-hydrogen) atoms. The summed E-state index contributed by atoms with van der Waals surface area (Å²) in [6.07, 6.45) is 3.94. The van der Waals surface area contributed by atoms with Crippen molar-refractivity contribution in [2.75, 3.05) is 0 Å². The van der Waals surface area contributed by atoms with Crippen molar-refractivity contribution in [2.45, 2.75) is 13.8 Å². The van der Waals surface area contributed by atoms with Crippen molar-refractivity contribution in [3.63, 3.8) is 0 Å². The second-order valence-corrected chi connectivity index (χ2v) is 2.80. The van der Waals surface area contributed by atoms with Gasteiger partial charge in [0.1, 0.15) is 0 Å². The summed E-state index contributed by atoms with van der Waals surface area (Å²) in [7, 11) is 0. The van der Waals surface area contributed by atoms with Crippen LogP contribution in [-0.2, 0) is 0 Å². The summed E-state index contributed by atoms with van der Waals surface area (Å²) in [5.41, 5.74) is 3.47. The highest BCUT2D eigenvalue weighted by molar-refractivity contribution is 5.47. The minimum Gasteiger partial charge on any atom is -0.318 e. The molecule has 2 heterocycles. The topological polar surface area (TPSA) is 17.3 Å². The van der Waals surface area contributed by atoms with Crippen molar-refractivity contribution in [1.29, 1.82) is 0 Å². The molecule has 0 aliphatic rings. The van der Waals surface area contributed by atoms with Crippen LogP contribution in [0.25, 0.3) is 5.52 Å². The molecule has 0 fully saturated rings. The Morgan fingerprint density at radius 2 is 2.09 bits per heavy atom. The van der Waals surface area contributed by atoms with Gasteiger partial charge < -0.3 is 4.40 Å². The van der Waals surface area contributed by atoms with Crippen LogP contribution >= 0.6 is 0 Å². The SMILES string of the molecule is Cc1cn2c(C)ccc2cn1. The highest BCUT2D eigenvalue weighted by Gasteiger charge is 1.95. The van der Waals surface area contributed by atoms with E-state index in [1.165, 1.54) is 5.69 Å². The minimum absolute atomic E-state index is 1.05. The van der Waals surface area contributed by atoms with Crippen LogP contribution in [0, 0.1) is 13.8 Å². The fourth-order valence-electron chi connectivity index (χ4n) is 1.24. The van der Waals surface area contributed by atoms with E-state index in [1.807, 2.05) is 19.3 Å². The van der Waals surface area contributed by atoms with Crippen LogP contribution in [0.15, 0.2) is 24.5 Å². The maximum atomic E-state index is 4.20. The lowest BCUT2D eigenvalue weighted by Crippen LogP contribution is -1.89. The van der Waals surface area contributed by atoms with Gasteiger partial charge in [-0.15, -0.1) is 0 Å². The average Bonchev–Trinajstić information content (AvgIpc) is 2.33. The summed E-state index contributed by atoms with van der Waals surface area (Å²) < 4.78 is 2.14. The Balaban J connectivity index is 2.87. The molecule has 0 aliphatic carbocycles. The third-order valence-corrected chi connectivity index (χ3v) is 1.87. The lowest BCUT2D eigenvalue weighted by atomic mass is 10.5. The highest BCUT2D eigenvalue weighted by atomic mass is 14.9. The van der Waals surface area contributed by atoms with Gasteiger partial charge in [-0.3, -0.25) is 4.98 Å². The second kappa shape index (κ2) is 2.09. The van der Waals surface area contributed by atoms with Gasteiger partial charge >= 0.3 is 0 Å². The number of aromatic nitrogens is 2. The van der Waals surface area contributed by atoms with Crippen LogP contribution < -0.4 is 0 Å². The molecule has 0 saturated carbocycles. The molecule has 0 radical (unpaired) electrons. The summed E-state index contributed by atoms with van der Waals surface area (Å²) in [6, 6.07) is 4.16. The minimum atomic E-state index is 1.05. The summed E-state index contributed by atoms with van der Waals surface area (Å²) in [5.74, 6) is 0. The molecule has 0 saturated heterocycles. The van der Waals surface area contributed by atoms with Crippen LogP contribution in [0.2, 0.25) is 0 Å². The molecule has 2 heteroatoms. The molecule has 2 nitrogen and oxygen atoms in total. The third-order valence-electron chi connectivity index (χ3n) is 1.87. The quantitative estimate of drug-likeness (QED) is 0.555. The number of rotatable bonds is 0. The lowest BCUT2D eigenvalue weighted by Gasteiger charge is -1.97. The Kier molecular flexibility index (Phi) is 1.22. The van der Waals surface area contributed by atoms with Gasteiger partial charge in [0.2, 0.25) is 0 Å². The first-order valence-electron chi connectivity index (χ1n) is 3.68. The van der Waals surface area contributed by atoms with E-state index < -0.39 is 0 Å². The predicted octanol–water partition coefficient (Wildman–Crippen LogP) is 1.95. The van der Waals surface area contributed by atoms with E-state index in [9.17, 15) is 0 Å². The van der Waals surface area contributed by atoms with E-state index >= 15 is 0 Å². The zero-order valence-corrected chi connectivity index (χ0v) is 6.70. The molecular weight excluding hydrogens is 136 g/mol. The van der Waals surface area contributed by atoms with Crippen molar-refractivity contribution < 1.29 is 0 Å². The van der Waals surface area contributed by atoms with E-state index in [-0.39, 0.29) is 0 Å². The maximum absolute atomic E-state index is 4.20. The Bertz CT molecular complexity index is 387. The van der Waals surface area contributed by atoms with Crippen LogP contribution in [0.1, 0.15) is 11.4 Å².